The molecule has 4 atom stereocenters. The number of carbonyl (C=O) groups is 2. The van der Waals surface area contributed by atoms with Crippen LogP contribution < -0.4 is 14.2 Å². The van der Waals surface area contributed by atoms with Gasteiger partial charge >= 0.3 is 6.16 Å². The molecule has 1 aliphatic heterocycles. The smallest absolute Gasteiger partial charge is 0.477 e. The lowest BCUT2D eigenvalue weighted by molar-refractivity contribution is -0.384. The van der Waals surface area contributed by atoms with Crippen molar-refractivity contribution in [2.24, 2.45) is 5.92 Å². The van der Waals surface area contributed by atoms with Gasteiger partial charge in [-0.2, -0.15) is 0 Å². The first-order valence-corrected chi connectivity index (χ1v) is 11.2. The lowest BCUT2D eigenvalue weighted by Gasteiger charge is -2.56. The molecule has 3 aliphatic rings. The molecule has 1 saturated carbocycles. The van der Waals surface area contributed by atoms with Crippen LogP contribution >= 0.6 is 0 Å². The minimum Gasteiger partial charge on any atom is -0.477 e. The van der Waals surface area contributed by atoms with Crippen LogP contribution in [0.4, 0.5) is 10.5 Å². The van der Waals surface area contributed by atoms with Crippen molar-refractivity contribution in [2.45, 2.75) is 50.2 Å². The van der Waals surface area contributed by atoms with E-state index in [9.17, 15) is 19.7 Å². The third kappa shape index (κ3) is 3.10. The molecule has 1 heterocycles. The van der Waals surface area contributed by atoms with Crippen LogP contribution in [0, 0.1) is 16.0 Å². The number of hydrogen-bond donors (Lipinski definition) is 0. The van der Waals surface area contributed by atoms with Gasteiger partial charge in [0.25, 0.3) is 5.69 Å². The topological polar surface area (TPSA) is 108 Å². The van der Waals surface area contributed by atoms with Gasteiger partial charge in [-0.05, 0) is 63.5 Å². The van der Waals surface area contributed by atoms with Crippen molar-refractivity contribution >= 4 is 17.6 Å². The minimum atomic E-state index is -0.995. The van der Waals surface area contributed by atoms with Gasteiger partial charge in [0.05, 0.1) is 4.92 Å². The predicted molar refractivity (Wildman–Crippen MR) is 121 cm³/mol. The van der Waals surface area contributed by atoms with Crippen LogP contribution in [0.25, 0.3) is 0 Å². The Morgan fingerprint density at radius 1 is 1.15 bits per heavy atom. The van der Waals surface area contributed by atoms with Gasteiger partial charge in [0.1, 0.15) is 5.75 Å². The van der Waals surface area contributed by atoms with Gasteiger partial charge in [0, 0.05) is 35.1 Å². The zero-order chi connectivity index (χ0) is 24.4. The van der Waals surface area contributed by atoms with Gasteiger partial charge in [0.2, 0.25) is 0 Å². The van der Waals surface area contributed by atoms with Crippen molar-refractivity contribution in [2.75, 3.05) is 14.1 Å². The number of non-ortho nitro benzene ring substituents is 1. The van der Waals surface area contributed by atoms with Crippen molar-refractivity contribution in [1.29, 1.82) is 0 Å². The van der Waals surface area contributed by atoms with E-state index in [1.54, 1.807) is 6.07 Å². The molecule has 0 amide bonds. The number of benzene rings is 2. The maximum absolute atomic E-state index is 12.9. The molecule has 2 unspecified atom stereocenters. The maximum Gasteiger partial charge on any atom is 0.519 e. The normalized spacial score (nSPS) is 28.8. The summed E-state index contributed by atoms with van der Waals surface area (Å²) in [4.78, 5) is 38.0. The Morgan fingerprint density at radius 2 is 1.85 bits per heavy atom. The maximum atomic E-state index is 12.9. The lowest BCUT2D eigenvalue weighted by Crippen LogP contribution is -2.64. The molecule has 9 nitrogen and oxygen atoms in total. The van der Waals surface area contributed by atoms with Crippen LogP contribution in [0.1, 0.15) is 37.8 Å². The quantitative estimate of drug-likeness (QED) is 0.287. The first kappa shape index (κ1) is 22.3. The van der Waals surface area contributed by atoms with Gasteiger partial charge in [0.15, 0.2) is 23.4 Å². The van der Waals surface area contributed by atoms with Crippen LogP contribution in [-0.2, 0) is 16.6 Å². The third-order valence-electron chi connectivity index (χ3n) is 7.99. The van der Waals surface area contributed by atoms with Crippen molar-refractivity contribution in [3.05, 3.63) is 57.6 Å². The van der Waals surface area contributed by atoms with Crippen LogP contribution in [0.3, 0.4) is 0 Å². The molecule has 2 aromatic rings. The molecule has 178 valence electrons. The fourth-order valence-electron chi connectivity index (χ4n) is 6.16. The second-order valence-corrected chi connectivity index (χ2v) is 9.90. The predicted octanol–water partition coefficient (Wildman–Crippen LogP) is 4.05. The average molecular weight is 466 g/mol. The molecule has 2 aromatic carbocycles. The number of Topliss-reactive ketones (excluding diaryl/α,β-unsaturated/α-hetero) is 1. The van der Waals surface area contributed by atoms with Crippen molar-refractivity contribution in [3.63, 3.8) is 0 Å². The van der Waals surface area contributed by atoms with E-state index in [0.29, 0.717) is 12.2 Å². The molecule has 0 N–H and O–H groups in total. The summed E-state index contributed by atoms with van der Waals surface area (Å²) in [5, 5.41) is 10.8. The second kappa shape index (κ2) is 7.53. The highest BCUT2D eigenvalue weighted by Gasteiger charge is 2.64. The first-order valence-electron chi connectivity index (χ1n) is 11.2. The molecule has 0 bridgehead atoms. The summed E-state index contributed by atoms with van der Waals surface area (Å²) in [6.45, 7) is 4.33. The largest absolute Gasteiger partial charge is 0.519 e. The summed E-state index contributed by atoms with van der Waals surface area (Å²) < 4.78 is 16.9. The summed E-state index contributed by atoms with van der Waals surface area (Å²) >= 11 is 0. The van der Waals surface area contributed by atoms with E-state index >= 15 is 0 Å². The van der Waals surface area contributed by atoms with Gasteiger partial charge in [-0.3, -0.25) is 14.9 Å². The van der Waals surface area contributed by atoms with Gasteiger partial charge < -0.3 is 19.1 Å². The van der Waals surface area contributed by atoms with Gasteiger partial charge in [-0.1, -0.05) is 13.0 Å². The number of nitro groups is 1. The number of likely N-dealkylation sites (N-methyl/N-ethyl adjacent to an activating group) is 1. The molecule has 34 heavy (non-hydrogen) atoms. The van der Waals surface area contributed by atoms with E-state index in [-0.39, 0.29) is 34.4 Å². The van der Waals surface area contributed by atoms with E-state index < -0.39 is 22.6 Å². The number of carbonyl (C=O) groups excluding carboxylic acids is 2. The number of ether oxygens (including phenoxy) is 3. The number of hydrogen-bond acceptors (Lipinski definition) is 8. The van der Waals surface area contributed by atoms with E-state index in [1.807, 2.05) is 6.07 Å². The van der Waals surface area contributed by atoms with Crippen LogP contribution in [0.2, 0.25) is 0 Å². The Hall–Kier alpha value is -3.46. The molecule has 1 fully saturated rings. The van der Waals surface area contributed by atoms with Crippen molar-refractivity contribution < 1.29 is 28.7 Å². The molecular weight excluding hydrogens is 440 g/mol. The highest BCUT2D eigenvalue weighted by Crippen LogP contribution is 2.62. The molecule has 0 radical (unpaired) electrons. The van der Waals surface area contributed by atoms with E-state index in [1.165, 1.54) is 24.3 Å². The second-order valence-electron chi connectivity index (χ2n) is 9.90. The highest BCUT2D eigenvalue weighted by molar-refractivity contribution is 5.89. The van der Waals surface area contributed by atoms with Gasteiger partial charge in [-0.15, -0.1) is 0 Å². The number of rotatable bonds is 4. The van der Waals surface area contributed by atoms with Crippen LogP contribution in [-0.4, -0.2) is 47.5 Å². The molecule has 5 rings (SSSR count). The monoisotopic (exact) mass is 466 g/mol. The molecule has 0 saturated heterocycles. The lowest BCUT2D eigenvalue weighted by atomic mass is 9.51. The Morgan fingerprint density at radius 3 is 2.50 bits per heavy atom. The van der Waals surface area contributed by atoms with E-state index in [2.05, 4.69) is 32.8 Å². The van der Waals surface area contributed by atoms with Crippen molar-refractivity contribution in [3.8, 4) is 17.2 Å². The zero-order valence-electron chi connectivity index (χ0n) is 19.5. The summed E-state index contributed by atoms with van der Waals surface area (Å²) in [5.74, 6) is 0.980. The Labute approximate surface area is 196 Å². The Bertz CT molecular complexity index is 1210. The fourth-order valence-corrected chi connectivity index (χ4v) is 6.16. The number of nitrogens with zero attached hydrogens (tertiary/aromatic N) is 2. The SMILES string of the molecule is CN(C)[C@@]1(C)Cc2ccc(OC(=O)Oc3ccc([N+](=O)[O-])cc3)c3c2C2(C)C1CCC(=O)[C@H]2O3. The molecule has 2 aliphatic carbocycles. The highest BCUT2D eigenvalue weighted by atomic mass is 16.7. The summed E-state index contributed by atoms with van der Waals surface area (Å²) in [6, 6.07) is 8.73. The zero-order valence-corrected chi connectivity index (χ0v) is 19.5. The molecule has 0 spiro atoms. The number of nitro benzene ring substituents is 1. The Kier molecular flexibility index (Phi) is 4.95. The Balaban J connectivity index is 1.48. The van der Waals surface area contributed by atoms with Crippen molar-refractivity contribution in [1.82, 2.24) is 4.90 Å². The summed E-state index contributed by atoms with van der Waals surface area (Å²) in [6.07, 6.45) is 0.396. The average Bonchev–Trinajstić information content (AvgIpc) is 3.11. The van der Waals surface area contributed by atoms with E-state index in [4.69, 9.17) is 14.2 Å². The van der Waals surface area contributed by atoms with Crippen LogP contribution in [0.5, 0.6) is 17.2 Å². The minimum absolute atomic E-state index is 0.0586. The standard InChI is InChI=1S/C25H26N2O7/c1-24(26(3)4)13-14-5-11-18(33-23(29)32-16-8-6-15(7-9-16)27(30)31)21-20(14)25(2)19(24)12-10-17(28)22(25)34-21/h5-9,11,19,22H,10,12-13H2,1-4H3/t19?,22-,24+,25?/m1/s1. The first-order chi connectivity index (χ1) is 16.1. The fraction of sp³-hybridized carbons (Fsp3) is 0.440. The van der Waals surface area contributed by atoms with Crippen LogP contribution in [0.15, 0.2) is 36.4 Å². The number of ketones is 1. The van der Waals surface area contributed by atoms with Gasteiger partial charge in [-0.25, -0.2) is 4.79 Å². The summed E-state index contributed by atoms with van der Waals surface area (Å²) in [5.41, 5.74) is 1.23. The third-order valence-corrected chi connectivity index (χ3v) is 7.99. The van der Waals surface area contributed by atoms with E-state index in [0.717, 1.165) is 24.0 Å². The molecule has 0 aromatic heterocycles. The molecule has 9 heteroatoms. The molecular formula is C25H26N2O7. The summed E-state index contributed by atoms with van der Waals surface area (Å²) in [7, 11) is 4.14.